The van der Waals surface area contributed by atoms with Crippen molar-refractivity contribution in [2.24, 2.45) is 0 Å². The number of carbonyl (C=O) groups is 1. The lowest BCUT2D eigenvalue weighted by Crippen LogP contribution is -2.34. The highest BCUT2D eigenvalue weighted by Gasteiger charge is 2.33. The van der Waals surface area contributed by atoms with Crippen LogP contribution in [0.2, 0.25) is 5.02 Å². The van der Waals surface area contributed by atoms with Crippen molar-refractivity contribution in [3.63, 3.8) is 0 Å². The van der Waals surface area contributed by atoms with Gasteiger partial charge in [-0.3, -0.25) is 0 Å². The van der Waals surface area contributed by atoms with Gasteiger partial charge in [0.25, 0.3) is 0 Å². The first-order valence-electron chi connectivity index (χ1n) is 10.3. The van der Waals surface area contributed by atoms with Crippen LogP contribution in [0.3, 0.4) is 0 Å². The van der Waals surface area contributed by atoms with Gasteiger partial charge in [-0.1, -0.05) is 23.7 Å². The molecule has 3 aromatic carbocycles. The molecule has 1 aliphatic rings. The summed E-state index contributed by atoms with van der Waals surface area (Å²) in [6.45, 7) is 0.504. The van der Waals surface area contributed by atoms with Crippen LogP contribution in [0.25, 0.3) is 22.2 Å². The molecule has 0 saturated carbocycles. The number of amides is 2. The summed E-state index contributed by atoms with van der Waals surface area (Å²) in [6.07, 6.45) is 1.43. The summed E-state index contributed by atoms with van der Waals surface area (Å²) in [6, 6.07) is 12.1. The van der Waals surface area contributed by atoms with Crippen molar-refractivity contribution >= 4 is 34.4 Å². The van der Waals surface area contributed by atoms with Crippen LogP contribution in [-0.4, -0.2) is 22.5 Å². The van der Waals surface area contributed by atoms with Crippen molar-refractivity contribution in [3.05, 3.63) is 83.0 Å². The zero-order chi connectivity index (χ0) is 23.1. The lowest BCUT2D eigenvalue weighted by Gasteiger charge is -2.22. The van der Waals surface area contributed by atoms with E-state index in [1.807, 2.05) is 0 Å². The van der Waals surface area contributed by atoms with Gasteiger partial charge in [0, 0.05) is 12.2 Å². The van der Waals surface area contributed by atoms with E-state index in [0.717, 1.165) is 18.6 Å². The number of urea groups is 1. The number of rotatable bonds is 3. The molecule has 0 bridgehead atoms. The summed E-state index contributed by atoms with van der Waals surface area (Å²) in [4.78, 5) is 19.0. The molecule has 33 heavy (non-hydrogen) atoms. The van der Waals surface area contributed by atoms with E-state index in [0.29, 0.717) is 46.8 Å². The van der Waals surface area contributed by atoms with E-state index in [2.05, 4.69) is 10.3 Å². The molecule has 1 saturated heterocycles. The molecule has 9 heteroatoms. The molecule has 1 unspecified atom stereocenters. The standard InChI is InChI=1S/C24H17ClF3N3O2/c25-16-12-15(5-7-17(16)26)29-24(32)31-9-1-2-21(31)23-30-20-11-14(4-8-22(20)33-23)13-3-6-18(27)19(28)10-13/h3-8,10-12,21H,1-2,9H2,(H,29,32). The van der Waals surface area contributed by atoms with Crippen LogP contribution in [0.1, 0.15) is 24.8 Å². The summed E-state index contributed by atoms with van der Waals surface area (Å²) in [5.74, 6) is -2.02. The van der Waals surface area contributed by atoms with Crippen molar-refractivity contribution < 1.29 is 22.4 Å². The Morgan fingerprint density at radius 2 is 1.76 bits per heavy atom. The van der Waals surface area contributed by atoms with Gasteiger partial charge in [-0.15, -0.1) is 0 Å². The molecule has 5 nitrogen and oxygen atoms in total. The van der Waals surface area contributed by atoms with Crippen molar-refractivity contribution in [1.82, 2.24) is 9.88 Å². The number of oxazole rings is 1. The minimum atomic E-state index is -0.927. The Hall–Kier alpha value is -3.52. The van der Waals surface area contributed by atoms with Crippen LogP contribution in [0, 0.1) is 17.5 Å². The molecule has 1 N–H and O–H groups in total. The average Bonchev–Trinajstić information content (AvgIpc) is 3.44. The predicted octanol–water partition coefficient (Wildman–Crippen LogP) is 6.93. The summed E-state index contributed by atoms with van der Waals surface area (Å²) in [5.41, 5.74) is 2.63. The number of benzene rings is 3. The fraction of sp³-hybridized carbons (Fsp3) is 0.167. The van der Waals surface area contributed by atoms with Gasteiger partial charge in [0.15, 0.2) is 17.2 Å². The quantitative estimate of drug-likeness (QED) is 0.352. The number of fused-ring (bicyclic) bond motifs is 1. The Labute approximate surface area is 191 Å². The van der Waals surface area contributed by atoms with Crippen LogP contribution in [-0.2, 0) is 0 Å². The Bertz CT molecular complexity index is 1370. The highest BCUT2D eigenvalue weighted by atomic mass is 35.5. The molecule has 5 rings (SSSR count). The molecule has 168 valence electrons. The minimum Gasteiger partial charge on any atom is -0.438 e. The molecule has 1 fully saturated rings. The summed E-state index contributed by atoms with van der Waals surface area (Å²) in [7, 11) is 0. The fourth-order valence-corrected chi connectivity index (χ4v) is 4.16. The molecule has 0 radical (unpaired) electrons. The first-order valence-corrected chi connectivity index (χ1v) is 10.7. The molecule has 0 aliphatic carbocycles. The normalized spacial score (nSPS) is 15.9. The molecular weight excluding hydrogens is 455 g/mol. The van der Waals surface area contributed by atoms with E-state index >= 15 is 0 Å². The molecule has 1 aliphatic heterocycles. The summed E-state index contributed by atoms with van der Waals surface area (Å²) in [5, 5.41) is 2.64. The maximum atomic E-state index is 13.6. The Morgan fingerprint density at radius 1 is 1.00 bits per heavy atom. The number of carbonyl (C=O) groups excluding carboxylic acids is 1. The van der Waals surface area contributed by atoms with Gasteiger partial charge in [-0.2, -0.15) is 0 Å². The first-order chi connectivity index (χ1) is 15.9. The third kappa shape index (κ3) is 4.14. The molecule has 2 heterocycles. The zero-order valence-corrected chi connectivity index (χ0v) is 17.9. The van der Waals surface area contributed by atoms with Gasteiger partial charge in [0.2, 0.25) is 5.89 Å². The Kier molecular flexibility index (Phi) is 5.46. The number of aromatic nitrogens is 1. The van der Waals surface area contributed by atoms with Crippen LogP contribution in [0.5, 0.6) is 0 Å². The number of hydrogen-bond acceptors (Lipinski definition) is 3. The van der Waals surface area contributed by atoms with E-state index < -0.39 is 17.5 Å². The first kappa shape index (κ1) is 21.3. The van der Waals surface area contributed by atoms with Crippen LogP contribution < -0.4 is 5.32 Å². The van der Waals surface area contributed by atoms with Gasteiger partial charge in [-0.05, 0) is 66.4 Å². The lowest BCUT2D eigenvalue weighted by atomic mass is 10.1. The predicted molar refractivity (Wildman–Crippen MR) is 118 cm³/mol. The fourth-order valence-electron chi connectivity index (χ4n) is 3.98. The second kappa shape index (κ2) is 8.44. The van der Waals surface area contributed by atoms with Crippen molar-refractivity contribution in [1.29, 1.82) is 0 Å². The molecule has 4 aromatic rings. The largest absolute Gasteiger partial charge is 0.438 e. The van der Waals surface area contributed by atoms with Gasteiger partial charge >= 0.3 is 6.03 Å². The molecular formula is C24H17ClF3N3O2. The Morgan fingerprint density at radius 3 is 2.55 bits per heavy atom. The van der Waals surface area contributed by atoms with E-state index in [1.165, 1.54) is 24.3 Å². The second-order valence-corrected chi connectivity index (χ2v) is 8.18. The number of halogens is 4. The van der Waals surface area contributed by atoms with E-state index in [1.54, 1.807) is 23.1 Å². The third-order valence-electron chi connectivity index (χ3n) is 5.63. The highest BCUT2D eigenvalue weighted by molar-refractivity contribution is 6.31. The Balaban J connectivity index is 1.39. The third-order valence-corrected chi connectivity index (χ3v) is 5.92. The van der Waals surface area contributed by atoms with Gasteiger partial charge < -0.3 is 14.6 Å². The summed E-state index contributed by atoms with van der Waals surface area (Å²) < 4.78 is 46.2. The van der Waals surface area contributed by atoms with Crippen LogP contribution in [0.15, 0.2) is 59.0 Å². The van der Waals surface area contributed by atoms with Gasteiger partial charge in [0.1, 0.15) is 17.4 Å². The van der Waals surface area contributed by atoms with Crippen molar-refractivity contribution in [2.45, 2.75) is 18.9 Å². The van der Waals surface area contributed by atoms with Crippen LogP contribution in [0.4, 0.5) is 23.7 Å². The van der Waals surface area contributed by atoms with Crippen molar-refractivity contribution in [2.75, 3.05) is 11.9 Å². The van der Waals surface area contributed by atoms with E-state index in [-0.39, 0.29) is 17.1 Å². The number of likely N-dealkylation sites (tertiary alicyclic amines) is 1. The summed E-state index contributed by atoms with van der Waals surface area (Å²) >= 11 is 5.80. The number of hydrogen-bond donors (Lipinski definition) is 1. The van der Waals surface area contributed by atoms with E-state index in [9.17, 15) is 18.0 Å². The maximum absolute atomic E-state index is 13.6. The molecule has 0 spiro atoms. The number of nitrogens with zero attached hydrogens (tertiary/aromatic N) is 2. The van der Waals surface area contributed by atoms with Crippen LogP contribution >= 0.6 is 11.6 Å². The molecule has 2 amide bonds. The highest BCUT2D eigenvalue weighted by Crippen LogP contribution is 2.35. The lowest BCUT2D eigenvalue weighted by molar-refractivity contribution is 0.199. The molecule has 1 aromatic heterocycles. The maximum Gasteiger partial charge on any atom is 0.322 e. The minimum absolute atomic E-state index is 0.0819. The number of anilines is 1. The van der Waals surface area contributed by atoms with Crippen molar-refractivity contribution in [3.8, 4) is 11.1 Å². The van der Waals surface area contributed by atoms with E-state index in [4.69, 9.17) is 16.0 Å². The molecule has 1 atom stereocenters. The SMILES string of the molecule is O=C(Nc1ccc(F)c(Cl)c1)N1CCCC1c1nc2cc(-c3ccc(F)c(F)c3)ccc2o1. The topological polar surface area (TPSA) is 58.4 Å². The average molecular weight is 472 g/mol. The van der Waals surface area contributed by atoms with Gasteiger partial charge in [0.05, 0.1) is 5.02 Å². The smallest absolute Gasteiger partial charge is 0.322 e. The second-order valence-electron chi connectivity index (χ2n) is 7.77. The monoisotopic (exact) mass is 471 g/mol. The number of nitrogens with one attached hydrogen (secondary N) is 1. The zero-order valence-electron chi connectivity index (χ0n) is 17.1. The van der Waals surface area contributed by atoms with Gasteiger partial charge in [-0.25, -0.2) is 22.9 Å².